The van der Waals surface area contributed by atoms with Crippen molar-refractivity contribution in [3.05, 3.63) is 29.6 Å². The Balaban J connectivity index is 2.49. The van der Waals surface area contributed by atoms with Gasteiger partial charge in [-0.15, -0.1) is 0 Å². The van der Waals surface area contributed by atoms with Crippen molar-refractivity contribution in [2.24, 2.45) is 0 Å². The molecule has 8 heteroatoms. The molecule has 0 saturated carbocycles. The van der Waals surface area contributed by atoms with Gasteiger partial charge in [-0.25, -0.2) is 17.6 Å². The minimum Gasteiger partial charge on any atom is -0.478 e. The van der Waals surface area contributed by atoms with E-state index < -0.39 is 32.3 Å². The lowest BCUT2D eigenvalue weighted by Gasteiger charge is -2.26. The van der Waals surface area contributed by atoms with Crippen LogP contribution in [-0.4, -0.2) is 48.4 Å². The number of thioether (sulfide) groups is 1. The van der Waals surface area contributed by atoms with Crippen LogP contribution in [0.3, 0.4) is 0 Å². The SMILES string of the molecule is O=C(O)c1ccc(F)cc1S(=O)(=O)N1CCSCC1. The van der Waals surface area contributed by atoms with E-state index in [0.29, 0.717) is 24.6 Å². The number of hydrogen-bond acceptors (Lipinski definition) is 4. The zero-order valence-corrected chi connectivity index (χ0v) is 11.5. The van der Waals surface area contributed by atoms with Crippen LogP contribution in [0.2, 0.25) is 0 Å². The molecule has 0 radical (unpaired) electrons. The lowest BCUT2D eigenvalue weighted by molar-refractivity contribution is 0.0692. The summed E-state index contributed by atoms with van der Waals surface area (Å²) in [5, 5.41) is 9.01. The van der Waals surface area contributed by atoms with Gasteiger partial charge in [0.25, 0.3) is 0 Å². The fraction of sp³-hybridized carbons (Fsp3) is 0.364. The molecular weight excluding hydrogens is 293 g/mol. The van der Waals surface area contributed by atoms with Gasteiger partial charge < -0.3 is 5.11 Å². The summed E-state index contributed by atoms with van der Waals surface area (Å²) in [4.78, 5) is 10.6. The Hall–Kier alpha value is -1.12. The summed E-state index contributed by atoms with van der Waals surface area (Å²) >= 11 is 1.63. The topological polar surface area (TPSA) is 74.7 Å². The van der Waals surface area contributed by atoms with Crippen LogP contribution in [-0.2, 0) is 10.0 Å². The van der Waals surface area contributed by atoms with E-state index in [1.165, 1.54) is 4.31 Å². The molecule has 1 aliphatic rings. The highest BCUT2D eigenvalue weighted by atomic mass is 32.2. The molecule has 0 aliphatic carbocycles. The van der Waals surface area contributed by atoms with Crippen LogP contribution in [0.4, 0.5) is 4.39 Å². The van der Waals surface area contributed by atoms with E-state index in [1.807, 2.05) is 0 Å². The molecule has 1 fully saturated rings. The molecule has 1 aromatic carbocycles. The number of benzene rings is 1. The lowest BCUT2D eigenvalue weighted by Crippen LogP contribution is -2.38. The Morgan fingerprint density at radius 1 is 1.32 bits per heavy atom. The van der Waals surface area contributed by atoms with Crippen LogP contribution in [0.25, 0.3) is 0 Å². The second-order valence-electron chi connectivity index (χ2n) is 3.96. The molecule has 1 saturated heterocycles. The second kappa shape index (κ2) is 5.48. The van der Waals surface area contributed by atoms with Crippen molar-refractivity contribution < 1.29 is 22.7 Å². The van der Waals surface area contributed by atoms with Crippen molar-refractivity contribution in [1.29, 1.82) is 0 Å². The van der Waals surface area contributed by atoms with E-state index in [1.54, 1.807) is 11.8 Å². The first-order chi connectivity index (χ1) is 8.93. The molecule has 0 spiro atoms. The van der Waals surface area contributed by atoms with Crippen LogP contribution in [0, 0.1) is 5.82 Å². The van der Waals surface area contributed by atoms with Gasteiger partial charge in [0, 0.05) is 24.6 Å². The standard InChI is InChI=1S/C11H12FNO4S2/c12-8-1-2-9(11(14)15)10(7-8)19(16,17)13-3-5-18-6-4-13/h1-2,7H,3-6H2,(H,14,15). The maximum atomic E-state index is 13.2. The highest BCUT2D eigenvalue weighted by Crippen LogP contribution is 2.24. The first kappa shape index (κ1) is 14.3. The number of nitrogens with zero attached hydrogens (tertiary/aromatic N) is 1. The molecule has 0 atom stereocenters. The molecule has 0 aromatic heterocycles. The van der Waals surface area contributed by atoms with Crippen molar-refractivity contribution in [2.45, 2.75) is 4.90 Å². The predicted octanol–water partition coefficient (Wildman–Crippen LogP) is 1.26. The number of carboxylic acid groups (broad SMARTS) is 1. The maximum absolute atomic E-state index is 13.2. The molecule has 0 bridgehead atoms. The Morgan fingerprint density at radius 3 is 2.53 bits per heavy atom. The average molecular weight is 305 g/mol. The summed E-state index contributed by atoms with van der Waals surface area (Å²) in [6.07, 6.45) is 0. The van der Waals surface area contributed by atoms with Gasteiger partial charge in [-0.3, -0.25) is 0 Å². The van der Waals surface area contributed by atoms with Gasteiger partial charge in [-0.2, -0.15) is 16.1 Å². The smallest absolute Gasteiger partial charge is 0.337 e. The summed E-state index contributed by atoms with van der Waals surface area (Å²) in [7, 11) is -3.96. The first-order valence-corrected chi connectivity index (χ1v) is 8.13. The maximum Gasteiger partial charge on any atom is 0.337 e. The van der Waals surface area contributed by atoms with Crippen LogP contribution < -0.4 is 0 Å². The number of aromatic carboxylic acids is 1. The third kappa shape index (κ3) is 2.90. The molecule has 1 aromatic rings. The van der Waals surface area contributed by atoms with Gasteiger partial charge in [0.15, 0.2) is 0 Å². The lowest BCUT2D eigenvalue weighted by atomic mass is 10.2. The summed E-state index contributed by atoms with van der Waals surface area (Å²) in [5.74, 6) is -0.853. The minimum absolute atomic E-state index is 0.308. The first-order valence-electron chi connectivity index (χ1n) is 5.53. The Bertz CT molecular complexity index is 597. The van der Waals surface area contributed by atoms with Crippen molar-refractivity contribution in [3.8, 4) is 0 Å². The van der Waals surface area contributed by atoms with Crippen LogP contribution in [0.5, 0.6) is 0 Å². The molecule has 1 N–H and O–H groups in total. The van der Waals surface area contributed by atoms with Gasteiger partial charge in [0.2, 0.25) is 10.0 Å². The molecule has 19 heavy (non-hydrogen) atoms. The van der Waals surface area contributed by atoms with Gasteiger partial charge in [-0.1, -0.05) is 0 Å². The molecule has 5 nitrogen and oxygen atoms in total. The van der Waals surface area contributed by atoms with Crippen molar-refractivity contribution in [2.75, 3.05) is 24.6 Å². The van der Waals surface area contributed by atoms with E-state index in [4.69, 9.17) is 5.11 Å². The number of hydrogen-bond donors (Lipinski definition) is 1. The quantitative estimate of drug-likeness (QED) is 0.910. The predicted molar refractivity (Wildman–Crippen MR) is 69.4 cm³/mol. The van der Waals surface area contributed by atoms with Crippen molar-refractivity contribution in [1.82, 2.24) is 4.31 Å². The average Bonchev–Trinajstić information content (AvgIpc) is 2.39. The van der Waals surface area contributed by atoms with E-state index >= 15 is 0 Å². The van der Waals surface area contributed by atoms with E-state index in [-0.39, 0.29) is 0 Å². The molecule has 0 amide bonds. The molecule has 0 unspecified atom stereocenters. The largest absolute Gasteiger partial charge is 0.478 e. The Kier molecular flexibility index (Phi) is 4.12. The summed E-state index contributed by atoms with van der Waals surface area (Å²) < 4.78 is 39.1. The molecule has 1 heterocycles. The van der Waals surface area contributed by atoms with Gasteiger partial charge in [-0.05, 0) is 18.2 Å². The number of halogens is 1. The molecule has 104 valence electrons. The number of rotatable bonds is 3. The van der Waals surface area contributed by atoms with Gasteiger partial charge in [0.1, 0.15) is 5.82 Å². The van der Waals surface area contributed by atoms with E-state index in [2.05, 4.69) is 0 Å². The van der Waals surface area contributed by atoms with Crippen LogP contribution >= 0.6 is 11.8 Å². The summed E-state index contributed by atoms with van der Waals surface area (Å²) in [6.45, 7) is 0.616. The molecule has 2 rings (SSSR count). The normalized spacial score (nSPS) is 17.3. The number of carbonyl (C=O) groups is 1. The van der Waals surface area contributed by atoms with Crippen LogP contribution in [0.1, 0.15) is 10.4 Å². The van der Waals surface area contributed by atoms with Crippen molar-refractivity contribution in [3.63, 3.8) is 0 Å². The zero-order chi connectivity index (χ0) is 14.0. The van der Waals surface area contributed by atoms with Gasteiger partial charge >= 0.3 is 5.97 Å². The van der Waals surface area contributed by atoms with Crippen LogP contribution in [0.15, 0.2) is 23.1 Å². The Labute approximate surface area is 114 Å². The van der Waals surface area contributed by atoms with E-state index in [0.717, 1.165) is 18.2 Å². The zero-order valence-electron chi connectivity index (χ0n) is 9.87. The fourth-order valence-electron chi connectivity index (χ4n) is 1.81. The molecule has 1 aliphatic heterocycles. The number of carboxylic acids is 1. The summed E-state index contributed by atoms with van der Waals surface area (Å²) in [6, 6.07) is 2.68. The monoisotopic (exact) mass is 305 g/mol. The Morgan fingerprint density at radius 2 is 1.95 bits per heavy atom. The molecular formula is C11H12FNO4S2. The second-order valence-corrected chi connectivity index (χ2v) is 7.09. The summed E-state index contributed by atoms with van der Waals surface area (Å²) in [5.41, 5.74) is -0.403. The minimum atomic E-state index is -3.96. The fourth-order valence-corrected chi connectivity index (χ4v) is 4.58. The third-order valence-corrected chi connectivity index (χ3v) is 5.64. The highest BCUT2D eigenvalue weighted by molar-refractivity contribution is 7.99. The van der Waals surface area contributed by atoms with E-state index in [9.17, 15) is 17.6 Å². The van der Waals surface area contributed by atoms with Crippen molar-refractivity contribution >= 4 is 27.8 Å². The van der Waals surface area contributed by atoms with Gasteiger partial charge in [0.05, 0.1) is 10.5 Å². The third-order valence-electron chi connectivity index (χ3n) is 2.76. The highest BCUT2D eigenvalue weighted by Gasteiger charge is 2.30. The number of sulfonamides is 1.